The minimum absolute atomic E-state index is 0.556. The van der Waals surface area contributed by atoms with Gasteiger partial charge in [0, 0.05) is 0 Å². The molecule has 0 saturated carbocycles. The molecule has 0 amide bonds. The molecule has 0 radical (unpaired) electrons. The summed E-state index contributed by atoms with van der Waals surface area (Å²) in [6, 6.07) is 18.6. The van der Waals surface area contributed by atoms with E-state index in [-0.39, 0.29) is 0 Å². The van der Waals surface area contributed by atoms with Crippen LogP contribution in [0.3, 0.4) is 0 Å². The second-order valence-electron chi connectivity index (χ2n) is 3.44. The molecule has 0 aliphatic carbocycles. The maximum atomic E-state index is 8.97. The van der Waals surface area contributed by atoms with E-state index in [2.05, 4.69) is 17.5 Å². The number of hydrogen-bond acceptors (Lipinski definition) is 3. The Kier molecular flexibility index (Phi) is 3.05. The predicted octanol–water partition coefficient (Wildman–Crippen LogP) is 3.17. The van der Waals surface area contributed by atoms with Crippen LogP contribution in [0, 0.1) is 22.7 Å². The average molecular weight is 219 g/mol. The van der Waals surface area contributed by atoms with Gasteiger partial charge in [0.05, 0.1) is 22.5 Å². The molecule has 3 nitrogen and oxygen atoms in total. The largest absolute Gasteiger partial charge is 0.353 e. The van der Waals surface area contributed by atoms with Crippen LogP contribution in [-0.2, 0) is 0 Å². The van der Waals surface area contributed by atoms with Crippen LogP contribution in [0.1, 0.15) is 11.1 Å². The molecular weight excluding hydrogens is 210 g/mol. The monoisotopic (exact) mass is 219 g/mol. The summed E-state index contributed by atoms with van der Waals surface area (Å²) >= 11 is 0. The Morgan fingerprint density at radius 3 is 1.53 bits per heavy atom. The molecule has 0 spiro atoms. The minimum atomic E-state index is 0.556. The quantitative estimate of drug-likeness (QED) is 0.843. The molecule has 80 valence electrons. The van der Waals surface area contributed by atoms with Crippen LogP contribution in [-0.4, -0.2) is 0 Å². The first-order valence-corrected chi connectivity index (χ1v) is 5.10. The topological polar surface area (TPSA) is 59.6 Å². The number of nitriles is 2. The lowest BCUT2D eigenvalue weighted by Gasteiger charge is -2.08. The van der Waals surface area contributed by atoms with Crippen molar-refractivity contribution in [2.45, 2.75) is 0 Å². The molecule has 17 heavy (non-hydrogen) atoms. The molecule has 3 heteroatoms. The highest BCUT2D eigenvalue weighted by atomic mass is 14.9. The van der Waals surface area contributed by atoms with Gasteiger partial charge in [0.1, 0.15) is 12.1 Å². The Labute approximate surface area is 99.6 Å². The Hall–Kier alpha value is -2.78. The molecule has 0 heterocycles. The third-order valence-electron chi connectivity index (χ3n) is 2.36. The van der Waals surface area contributed by atoms with Gasteiger partial charge in [-0.15, -0.1) is 0 Å². The first-order valence-electron chi connectivity index (χ1n) is 5.10. The number of hydrogen-bond donors (Lipinski definition) is 1. The van der Waals surface area contributed by atoms with E-state index < -0.39 is 0 Å². The van der Waals surface area contributed by atoms with Crippen LogP contribution in [0.2, 0.25) is 0 Å². The third kappa shape index (κ3) is 2.25. The van der Waals surface area contributed by atoms with E-state index in [1.165, 1.54) is 0 Å². The molecule has 0 bridgehead atoms. The Bertz CT molecular complexity index is 562. The zero-order valence-electron chi connectivity index (χ0n) is 9.01. The van der Waals surface area contributed by atoms with Crippen molar-refractivity contribution in [3.63, 3.8) is 0 Å². The van der Waals surface area contributed by atoms with E-state index in [0.29, 0.717) is 22.5 Å². The summed E-state index contributed by atoms with van der Waals surface area (Å²) in [5.41, 5.74) is 2.52. The Morgan fingerprint density at radius 1 is 0.706 bits per heavy atom. The van der Waals surface area contributed by atoms with Crippen LogP contribution in [0.15, 0.2) is 48.5 Å². The highest BCUT2D eigenvalue weighted by Crippen LogP contribution is 2.22. The third-order valence-corrected chi connectivity index (χ3v) is 2.36. The molecule has 2 rings (SSSR count). The second-order valence-corrected chi connectivity index (χ2v) is 3.44. The van der Waals surface area contributed by atoms with Crippen molar-refractivity contribution in [2.24, 2.45) is 0 Å². The summed E-state index contributed by atoms with van der Waals surface area (Å²) in [4.78, 5) is 0. The Morgan fingerprint density at radius 2 is 1.12 bits per heavy atom. The lowest BCUT2D eigenvalue weighted by molar-refractivity contribution is 1.44. The zero-order valence-corrected chi connectivity index (χ0v) is 9.01. The summed E-state index contributed by atoms with van der Waals surface area (Å²) < 4.78 is 0. The van der Waals surface area contributed by atoms with E-state index >= 15 is 0 Å². The highest BCUT2D eigenvalue weighted by Gasteiger charge is 2.04. The van der Waals surface area contributed by atoms with Crippen LogP contribution in [0.25, 0.3) is 0 Å². The van der Waals surface area contributed by atoms with Crippen molar-refractivity contribution < 1.29 is 0 Å². The molecule has 2 aromatic rings. The molecule has 0 unspecified atom stereocenters. The van der Waals surface area contributed by atoms with E-state index in [1.807, 2.05) is 24.3 Å². The first kappa shape index (κ1) is 10.7. The first-order chi connectivity index (χ1) is 8.35. The van der Waals surface area contributed by atoms with Gasteiger partial charge >= 0.3 is 0 Å². The normalized spacial score (nSPS) is 9.06. The van der Waals surface area contributed by atoms with E-state index in [0.717, 1.165) is 0 Å². The van der Waals surface area contributed by atoms with Gasteiger partial charge in [-0.3, -0.25) is 0 Å². The Balaban J connectivity index is 2.40. The summed E-state index contributed by atoms with van der Waals surface area (Å²) in [6.45, 7) is 0. The van der Waals surface area contributed by atoms with Crippen molar-refractivity contribution in [1.29, 1.82) is 10.5 Å². The molecule has 0 aliphatic rings. The number of para-hydroxylation sites is 2. The van der Waals surface area contributed by atoms with Gasteiger partial charge in [-0.1, -0.05) is 24.3 Å². The van der Waals surface area contributed by atoms with Gasteiger partial charge in [-0.25, -0.2) is 0 Å². The molecule has 0 fully saturated rings. The van der Waals surface area contributed by atoms with Gasteiger partial charge < -0.3 is 5.32 Å². The number of benzene rings is 2. The molecule has 0 aromatic heterocycles. The van der Waals surface area contributed by atoms with Crippen LogP contribution in [0.5, 0.6) is 0 Å². The second kappa shape index (κ2) is 4.83. The summed E-state index contributed by atoms with van der Waals surface area (Å²) in [5, 5.41) is 21.0. The fraction of sp³-hybridized carbons (Fsp3) is 0. The van der Waals surface area contributed by atoms with Gasteiger partial charge in [-0.05, 0) is 24.3 Å². The molecule has 0 atom stereocenters. The minimum Gasteiger partial charge on any atom is -0.353 e. The van der Waals surface area contributed by atoms with Gasteiger partial charge in [0.15, 0.2) is 0 Å². The number of nitrogens with zero attached hydrogens (tertiary/aromatic N) is 2. The fourth-order valence-corrected chi connectivity index (χ4v) is 1.52. The number of anilines is 2. The van der Waals surface area contributed by atoms with Crippen molar-refractivity contribution in [2.75, 3.05) is 5.32 Å². The van der Waals surface area contributed by atoms with E-state index in [4.69, 9.17) is 10.5 Å². The smallest absolute Gasteiger partial charge is 0.101 e. The molecule has 0 aliphatic heterocycles. The van der Waals surface area contributed by atoms with Gasteiger partial charge in [0.2, 0.25) is 0 Å². The highest BCUT2D eigenvalue weighted by molar-refractivity contribution is 5.70. The van der Waals surface area contributed by atoms with Crippen molar-refractivity contribution in [3.8, 4) is 12.1 Å². The van der Waals surface area contributed by atoms with Crippen LogP contribution >= 0.6 is 0 Å². The van der Waals surface area contributed by atoms with Crippen molar-refractivity contribution in [1.82, 2.24) is 0 Å². The molecule has 0 saturated heterocycles. The summed E-state index contributed by atoms with van der Waals surface area (Å²) in [7, 11) is 0. The molecule has 1 N–H and O–H groups in total. The predicted molar refractivity (Wildman–Crippen MR) is 65.6 cm³/mol. The number of nitrogens with one attached hydrogen (secondary N) is 1. The lowest BCUT2D eigenvalue weighted by atomic mass is 10.1. The SMILES string of the molecule is N#Cc1ccccc1Nc1ccccc1C#N. The summed E-state index contributed by atoms with van der Waals surface area (Å²) in [5.74, 6) is 0. The number of rotatable bonds is 2. The fourth-order valence-electron chi connectivity index (χ4n) is 1.52. The van der Waals surface area contributed by atoms with Crippen molar-refractivity contribution >= 4 is 11.4 Å². The van der Waals surface area contributed by atoms with E-state index in [1.54, 1.807) is 24.3 Å². The average Bonchev–Trinajstić information content (AvgIpc) is 2.40. The van der Waals surface area contributed by atoms with Gasteiger partial charge in [0.25, 0.3) is 0 Å². The van der Waals surface area contributed by atoms with Crippen molar-refractivity contribution in [3.05, 3.63) is 59.7 Å². The standard InChI is InChI=1S/C14H9N3/c15-9-11-5-1-3-7-13(11)17-14-8-4-2-6-12(14)10-16/h1-8,17H. The molecular formula is C14H9N3. The summed E-state index contributed by atoms with van der Waals surface area (Å²) in [6.07, 6.45) is 0. The lowest BCUT2D eigenvalue weighted by Crippen LogP contribution is -1.95. The van der Waals surface area contributed by atoms with Crippen LogP contribution < -0.4 is 5.32 Å². The van der Waals surface area contributed by atoms with E-state index in [9.17, 15) is 0 Å². The molecule has 2 aromatic carbocycles. The maximum absolute atomic E-state index is 8.97. The maximum Gasteiger partial charge on any atom is 0.101 e. The zero-order chi connectivity index (χ0) is 12.1. The van der Waals surface area contributed by atoms with Crippen LogP contribution in [0.4, 0.5) is 11.4 Å². The van der Waals surface area contributed by atoms with Gasteiger partial charge in [-0.2, -0.15) is 10.5 Å².